The van der Waals surface area contributed by atoms with Gasteiger partial charge in [0.25, 0.3) is 0 Å². The molecule has 1 amide bonds. The molecule has 2 heterocycles. The number of carbonyl (C=O) groups excluding carboxylic acids is 1. The largest absolute Gasteiger partial charge is 0.339 e. The van der Waals surface area contributed by atoms with E-state index in [1.165, 1.54) is 32.1 Å². The Morgan fingerprint density at radius 2 is 2.06 bits per heavy atom. The van der Waals surface area contributed by atoms with E-state index in [9.17, 15) is 4.79 Å². The number of nitrogens with zero attached hydrogens (tertiary/aromatic N) is 1. The van der Waals surface area contributed by atoms with Gasteiger partial charge < -0.3 is 10.2 Å². The summed E-state index contributed by atoms with van der Waals surface area (Å²) >= 11 is 0. The fraction of sp³-hybridized carbons (Fsp3) is 0.933. The number of nitrogens with one attached hydrogen (secondary N) is 1. The lowest BCUT2D eigenvalue weighted by Gasteiger charge is -2.31. The van der Waals surface area contributed by atoms with Crippen molar-refractivity contribution in [3.8, 4) is 0 Å². The second-order valence-electron chi connectivity index (χ2n) is 6.65. The Balaban J connectivity index is 1.51. The van der Waals surface area contributed by atoms with Crippen molar-refractivity contribution in [2.24, 2.45) is 17.8 Å². The quantitative estimate of drug-likeness (QED) is 0.831. The number of likely N-dealkylation sites (tertiary alicyclic amines) is 1. The zero-order valence-electron chi connectivity index (χ0n) is 11.5. The van der Waals surface area contributed by atoms with Crippen LogP contribution in [0.15, 0.2) is 0 Å². The van der Waals surface area contributed by atoms with Gasteiger partial charge in [-0.15, -0.1) is 0 Å². The first-order valence-corrected chi connectivity index (χ1v) is 7.74. The van der Waals surface area contributed by atoms with E-state index < -0.39 is 0 Å². The van der Waals surface area contributed by atoms with Gasteiger partial charge in [0.15, 0.2) is 0 Å². The Kier molecular flexibility index (Phi) is 3.60. The minimum atomic E-state index is 0.438. The lowest BCUT2D eigenvalue weighted by Crippen LogP contribution is -2.39. The van der Waals surface area contributed by atoms with Gasteiger partial charge in [-0.05, 0) is 62.9 Å². The lowest BCUT2D eigenvalue weighted by atomic mass is 9.84. The van der Waals surface area contributed by atoms with E-state index in [1.54, 1.807) is 0 Å². The first-order valence-electron chi connectivity index (χ1n) is 7.74. The molecule has 3 rings (SSSR count). The summed E-state index contributed by atoms with van der Waals surface area (Å²) in [6.45, 7) is 5.61. The summed E-state index contributed by atoms with van der Waals surface area (Å²) in [7, 11) is 0. The van der Waals surface area contributed by atoms with Crippen molar-refractivity contribution in [3.05, 3.63) is 0 Å². The number of hydrogen-bond acceptors (Lipinski definition) is 2. The maximum absolute atomic E-state index is 12.4. The van der Waals surface area contributed by atoms with Gasteiger partial charge in [-0.25, -0.2) is 0 Å². The van der Waals surface area contributed by atoms with Gasteiger partial charge in [-0.3, -0.25) is 4.79 Å². The van der Waals surface area contributed by atoms with E-state index in [0.717, 1.165) is 37.9 Å². The zero-order chi connectivity index (χ0) is 12.5. The van der Waals surface area contributed by atoms with E-state index in [1.807, 2.05) is 0 Å². The molecule has 1 aliphatic carbocycles. The Labute approximate surface area is 110 Å². The van der Waals surface area contributed by atoms with E-state index >= 15 is 0 Å². The highest BCUT2D eigenvalue weighted by atomic mass is 16.2. The average Bonchev–Trinajstić information content (AvgIpc) is 3.02. The Morgan fingerprint density at radius 3 is 2.67 bits per heavy atom. The Hall–Kier alpha value is -0.570. The van der Waals surface area contributed by atoms with Crippen molar-refractivity contribution >= 4 is 5.91 Å². The fourth-order valence-electron chi connectivity index (χ4n) is 4.20. The van der Waals surface area contributed by atoms with Crippen LogP contribution in [0.25, 0.3) is 0 Å². The van der Waals surface area contributed by atoms with Crippen LogP contribution in [0.3, 0.4) is 0 Å². The third-order valence-corrected chi connectivity index (χ3v) is 5.41. The summed E-state index contributed by atoms with van der Waals surface area (Å²) < 4.78 is 0. The van der Waals surface area contributed by atoms with Crippen LogP contribution in [-0.4, -0.2) is 36.5 Å². The smallest absolute Gasteiger partial charge is 0.223 e. The molecule has 3 aliphatic rings. The second-order valence-corrected chi connectivity index (χ2v) is 6.65. The van der Waals surface area contributed by atoms with Crippen LogP contribution in [-0.2, 0) is 4.79 Å². The standard InChI is InChI=1S/C15H26N2O/c1-11(13-4-6-16-7-5-13)8-15(18)17-10-12-2-3-14(17)9-12/h11-14,16H,2-10H2,1H3. The molecule has 0 radical (unpaired) electrons. The summed E-state index contributed by atoms with van der Waals surface area (Å²) in [5.74, 6) is 2.59. The summed E-state index contributed by atoms with van der Waals surface area (Å²) in [4.78, 5) is 14.6. The summed E-state index contributed by atoms with van der Waals surface area (Å²) in [6.07, 6.45) is 7.19. The van der Waals surface area contributed by atoms with Crippen LogP contribution in [0.5, 0.6) is 0 Å². The van der Waals surface area contributed by atoms with Crippen LogP contribution < -0.4 is 5.32 Å². The molecule has 2 bridgehead atoms. The molecule has 0 aromatic heterocycles. The molecule has 102 valence electrons. The van der Waals surface area contributed by atoms with E-state index in [-0.39, 0.29) is 0 Å². The number of carbonyl (C=O) groups is 1. The van der Waals surface area contributed by atoms with E-state index in [4.69, 9.17) is 0 Å². The van der Waals surface area contributed by atoms with Crippen molar-refractivity contribution in [1.82, 2.24) is 10.2 Å². The first kappa shape index (κ1) is 12.5. The molecule has 0 spiro atoms. The number of fused-ring (bicyclic) bond motifs is 2. The molecule has 2 aliphatic heterocycles. The van der Waals surface area contributed by atoms with Crippen molar-refractivity contribution in [1.29, 1.82) is 0 Å². The van der Waals surface area contributed by atoms with Gasteiger partial charge >= 0.3 is 0 Å². The second kappa shape index (κ2) is 5.20. The molecule has 3 heteroatoms. The molecular weight excluding hydrogens is 224 g/mol. The molecule has 0 aromatic rings. The molecule has 3 nitrogen and oxygen atoms in total. The topological polar surface area (TPSA) is 32.3 Å². The normalized spacial score (nSPS) is 33.9. The average molecular weight is 250 g/mol. The van der Waals surface area contributed by atoms with Crippen molar-refractivity contribution in [2.75, 3.05) is 19.6 Å². The molecule has 0 aromatic carbocycles. The maximum atomic E-state index is 12.4. The van der Waals surface area contributed by atoms with Crippen molar-refractivity contribution in [3.63, 3.8) is 0 Å². The van der Waals surface area contributed by atoms with Crippen molar-refractivity contribution < 1.29 is 4.79 Å². The van der Waals surface area contributed by atoms with Gasteiger partial charge in [-0.2, -0.15) is 0 Å². The number of piperidine rings is 2. The van der Waals surface area contributed by atoms with Gasteiger partial charge in [-0.1, -0.05) is 6.92 Å². The highest BCUT2D eigenvalue weighted by Crippen LogP contribution is 2.38. The highest BCUT2D eigenvalue weighted by Gasteiger charge is 2.40. The predicted octanol–water partition coefficient (Wildman–Crippen LogP) is 2.02. The fourth-order valence-corrected chi connectivity index (χ4v) is 4.20. The van der Waals surface area contributed by atoms with Gasteiger partial charge in [0, 0.05) is 19.0 Å². The zero-order valence-corrected chi connectivity index (χ0v) is 11.5. The molecular formula is C15H26N2O. The van der Waals surface area contributed by atoms with Crippen LogP contribution in [0.4, 0.5) is 0 Å². The van der Waals surface area contributed by atoms with Crippen LogP contribution in [0, 0.1) is 17.8 Å². The molecule has 1 saturated carbocycles. The molecule has 18 heavy (non-hydrogen) atoms. The van der Waals surface area contributed by atoms with Gasteiger partial charge in [0.2, 0.25) is 5.91 Å². The van der Waals surface area contributed by atoms with Crippen molar-refractivity contribution in [2.45, 2.75) is 51.5 Å². The molecule has 3 unspecified atom stereocenters. The SMILES string of the molecule is CC(CC(=O)N1CC2CCC1C2)C1CCNCC1. The number of rotatable bonds is 3. The molecule has 1 N–H and O–H groups in total. The monoisotopic (exact) mass is 250 g/mol. The third-order valence-electron chi connectivity index (χ3n) is 5.41. The Morgan fingerprint density at radius 1 is 1.28 bits per heavy atom. The number of amides is 1. The lowest BCUT2D eigenvalue weighted by molar-refractivity contribution is -0.134. The first-order chi connectivity index (χ1) is 8.74. The van der Waals surface area contributed by atoms with Gasteiger partial charge in [0.1, 0.15) is 0 Å². The summed E-state index contributed by atoms with van der Waals surface area (Å²) in [5.41, 5.74) is 0. The third kappa shape index (κ3) is 2.42. The van der Waals surface area contributed by atoms with Crippen LogP contribution >= 0.6 is 0 Å². The molecule has 2 saturated heterocycles. The van der Waals surface area contributed by atoms with Crippen LogP contribution in [0.1, 0.15) is 45.4 Å². The van der Waals surface area contributed by atoms with Crippen LogP contribution in [0.2, 0.25) is 0 Å². The van der Waals surface area contributed by atoms with E-state index in [0.29, 0.717) is 17.9 Å². The summed E-state index contributed by atoms with van der Waals surface area (Å²) in [5, 5.41) is 3.40. The minimum Gasteiger partial charge on any atom is -0.339 e. The predicted molar refractivity (Wildman–Crippen MR) is 72.2 cm³/mol. The maximum Gasteiger partial charge on any atom is 0.223 e. The molecule has 3 atom stereocenters. The number of hydrogen-bond donors (Lipinski definition) is 1. The van der Waals surface area contributed by atoms with Gasteiger partial charge in [0.05, 0.1) is 0 Å². The highest BCUT2D eigenvalue weighted by molar-refractivity contribution is 5.77. The molecule has 3 fully saturated rings. The van der Waals surface area contributed by atoms with E-state index in [2.05, 4.69) is 17.1 Å². The minimum absolute atomic E-state index is 0.438. The Bertz CT molecular complexity index is 312. The summed E-state index contributed by atoms with van der Waals surface area (Å²) in [6, 6.07) is 0.600.